The Balaban J connectivity index is 2.36. The summed E-state index contributed by atoms with van der Waals surface area (Å²) in [5.41, 5.74) is 2.05. The van der Waals surface area contributed by atoms with E-state index in [9.17, 15) is 9.59 Å². The Labute approximate surface area is 119 Å². The lowest BCUT2D eigenvalue weighted by molar-refractivity contribution is -0.137. The van der Waals surface area contributed by atoms with Crippen LogP contribution in [0.2, 0.25) is 0 Å². The topological polar surface area (TPSA) is 66.4 Å². The van der Waals surface area contributed by atoms with Crippen LogP contribution in [0.4, 0.5) is 0 Å². The van der Waals surface area contributed by atoms with Gasteiger partial charge in [0, 0.05) is 31.9 Å². The van der Waals surface area contributed by atoms with Crippen LogP contribution in [0.25, 0.3) is 0 Å². The molecule has 4 nitrogen and oxygen atoms in total. The van der Waals surface area contributed by atoms with Gasteiger partial charge in [0.2, 0.25) is 5.91 Å². The summed E-state index contributed by atoms with van der Waals surface area (Å²) >= 11 is 0. The van der Waals surface area contributed by atoms with E-state index >= 15 is 0 Å². The Morgan fingerprint density at radius 2 is 1.95 bits per heavy atom. The maximum Gasteiger partial charge on any atom is 0.303 e. The number of aliphatic carboxylic acids is 1. The summed E-state index contributed by atoms with van der Waals surface area (Å²) in [7, 11) is 0. The van der Waals surface area contributed by atoms with Crippen LogP contribution in [0.3, 0.4) is 0 Å². The predicted molar refractivity (Wildman–Crippen MR) is 77.2 cm³/mol. The first-order valence-electron chi connectivity index (χ1n) is 6.62. The third-order valence-electron chi connectivity index (χ3n) is 2.67. The second-order valence-corrected chi connectivity index (χ2v) is 4.48. The Morgan fingerprint density at radius 3 is 2.55 bits per heavy atom. The van der Waals surface area contributed by atoms with Gasteiger partial charge in [0.1, 0.15) is 0 Å². The van der Waals surface area contributed by atoms with Crippen molar-refractivity contribution in [3.8, 4) is 11.8 Å². The fourth-order valence-electron chi connectivity index (χ4n) is 1.66. The van der Waals surface area contributed by atoms with E-state index < -0.39 is 5.97 Å². The molecule has 0 spiro atoms. The molecule has 1 amide bonds. The summed E-state index contributed by atoms with van der Waals surface area (Å²) in [5.74, 6) is 5.21. The van der Waals surface area contributed by atoms with E-state index in [1.165, 1.54) is 6.92 Å². The molecule has 0 fully saturated rings. The highest BCUT2D eigenvalue weighted by atomic mass is 16.4. The number of benzene rings is 1. The van der Waals surface area contributed by atoms with Crippen LogP contribution in [-0.2, 0) is 16.0 Å². The van der Waals surface area contributed by atoms with Crippen molar-refractivity contribution in [2.75, 3.05) is 6.54 Å². The van der Waals surface area contributed by atoms with Gasteiger partial charge in [-0.2, -0.15) is 0 Å². The van der Waals surface area contributed by atoms with Crippen LogP contribution in [0.15, 0.2) is 24.3 Å². The first kappa shape index (κ1) is 15.8. The average molecular weight is 273 g/mol. The molecule has 0 unspecified atom stereocenters. The number of carboxylic acids is 1. The van der Waals surface area contributed by atoms with Gasteiger partial charge in [0.05, 0.1) is 0 Å². The Morgan fingerprint density at radius 1 is 1.25 bits per heavy atom. The highest BCUT2D eigenvalue weighted by molar-refractivity contribution is 5.72. The van der Waals surface area contributed by atoms with Crippen molar-refractivity contribution in [2.24, 2.45) is 0 Å². The molecule has 0 aliphatic heterocycles. The van der Waals surface area contributed by atoms with Crippen LogP contribution < -0.4 is 5.32 Å². The number of amides is 1. The molecule has 0 saturated heterocycles. The first-order chi connectivity index (χ1) is 9.58. The SMILES string of the molecule is CC(=O)NCCC#Cc1ccc(CCCC(=O)O)cc1. The average Bonchev–Trinajstić information content (AvgIpc) is 2.39. The lowest BCUT2D eigenvalue weighted by atomic mass is 10.1. The molecule has 4 heteroatoms. The number of carbonyl (C=O) groups excluding carboxylic acids is 1. The van der Waals surface area contributed by atoms with E-state index in [4.69, 9.17) is 5.11 Å². The fraction of sp³-hybridized carbons (Fsp3) is 0.375. The minimum absolute atomic E-state index is 0.0440. The van der Waals surface area contributed by atoms with Crippen molar-refractivity contribution in [3.63, 3.8) is 0 Å². The Hall–Kier alpha value is -2.28. The van der Waals surface area contributed by atoms with Gasteiger partial charge in [-0.3, -0.25) is 9.59 Å². The highest BCUT2D eigenvalue weighted by Gasteiger charge is 1.98. The summed E-state index contributed by atoms with van der Waals surface area (Å²) in [6.07, 6.45) is 2.24. The molecular formula is C16H19NO3. The van der Waals surface area contributed by atoms with Gasteiger partial charge in [0.25, 0.3) is 0 Å². The summed E-state index contributed by atoms with van der Waals surface area (Å²) in [5, 5.41) is 11.3. The number of carboxylic acid groups (broad SMARTS) is 1. The largest absolute Gasteiger partial charge is 0.481 e. The van der Waals surface area contributed by atoms with Gasteiger partial charge >= 0.3 is 5.97 Å². The second kappa shape index (κ2) is 8.76. The van der Waals surface area contributed by atoms with Crippen molar-refractivity contribution in [1.82, 2.24) is 5.32 Å². The third kappa shape index (κ3) is 7.22. The molecular weight excluding hydrogens is 254 g/mol. The van der Waals surface area contributed by atoms with Crippen LogP contribution in [0.5, 0.6) is 0 Å². The molecule has 0 radical (unpaired) electrons. The monoisotopic (exact) mass is 273 g/mol. The zero-order valence-corrected chi connectivity index (χ0v) is 11.6. The fourth-order valence-corrected chi connectivity index (χ4v) is 1.66. The summed E-state index contributed by atoms with van der Waals surface area (Å²) < 4.78 is 0. The lowest BCUT2D eigenvalue weighted by Crippen LogP contribution is -2.20. The first-order valence-corrected chi connectivity index (χ1v) is 6.62. The van der Waals surface area contributed by atoms with Gasteiger partial charge < -0.3 is 10.4 Å². The molecule has 0 saturated carbocycles. The van der Waals surface area contributed by atoms with E-state index in [0.29, 0.717) is 19.4 Å². The number of rotatable bonds is 6. The van der Waals surface area contributed by atoms with Crippen LogP contribution >= 0.6 is 0 Å². The Kier molecular flexibility index (Phi) is 6.91. The molecule has 0 aliphatic carbocycles. The van der Waals surface area contributed by atoms with Crippen LogP contribution in [-0.4, -0.2) is 23.5 Å². The summed E-state index contributed by atoms with van der Waals surface area (Å²) in [6.45, 7) is 2.05. The maximum atomic E-state index is 10.6. The van der Waals surface area contributed by atoms with Crippen molar-refractivity contribution in [3.05, 3.63) is 35.4 Å². The zero-order chi connectivity index (χ0) is 14.8. The van der Waals surface area contributed by atoms with Gasteiger partial charge in [-0.1, -0.05) is 24.0 Å². The highest BCUT2D eigenvalue weighted by Crippen LogP contribution is 2.07. The standard InChI is InChI=1S/C16H19NO3/c1-13(18)17-12-3-2-5-14-8-10-15(11-9-14)6-4-7-16(19)20/h8-11H,3-4,6-7,12H2,1H3,(H,17,18)(H,19,20). The van der Waals surface area contributed by atoms with Gasteiger partial charge in [-0.15, -0.1) is 0 Å². The van der Waals surface area contributed by atoms with E-state index in [-0.39, 0.29) is 12.3 Å². The molecule has 20 heavy (non-hydrogen) atoms. The minimum Gasteiger partial charge on any atom is -0.481 e. The van der Waals surface area contributed by atoms with Gasteiger partial charge in [0.15, 0.2) is 0 Å². The van der Waals surface area contributed by atoms with Gasteiger partial charge in [-0.05, 0) is 30.5 Å². The minimum atomic E-state index is -0.758. The van der Waals surface area contributed by atoms with Gasteiger partial charge in [-0.25, -0.2) is 0 Å². The van der Waals surface area contributed by atoms with Crippen molar-refractivity contribution >= 4 is 11.9 Å². The number of carbonyl (C=O) groups is 2. The smallest absolute Gasteiger partial charge is 0.303 e. The molecule has 0 bridgehead atoms. The van der Waals surface area contributed by atoms with E-state index in [1.807, 2.05) is 24.3 Å². The summed E-state index contributed by atoms with van der Waals surface area (Å²) in [6, 6.07) is 7.81. The molecule has 1 aromatic carbocycles. The summed E-state index contributed by atoms with van der Waals surface area (Å²) in [4.78, 5) is 21.1. The maximum absolute atomic E-state index is 10.6. The third-order valence-corrected chi connectivity index (χ3v) is 2.67. The molecule has 1 rings (SSSR count). The number of hydrogen-bond donors (Lipinski definition) is 2. The lowest BCUT2D eigenvalue weighted by Gasteiger charge is -1.99. The van der Waals surface area contributed by atoms with E-state index in [0.717, 1.165) is 17.5 Å². The molecule has 0 aromatic heterocycles. The van der Waals surface area contributed by atoms with Crippen molar-refractivity contribution in [2.45, 2.75) is 32.6 Å². The van der Waals surface area contributed by atoms with Crippen molar-refractivity contribution in [1.29, 1.82) is 0 Å². The molecule has 106 valence electrons. The number of nitrogens with one attached hydrogen (secondary N) is 1. The Bertz CT molecular complexity index is 509. The normalized spacial score (nSPS) is 9.45. The molecule has 0 aliphatic rings. The zero-order valence-electron chi connectivity index (χ0n) is 11.6. The molecule has 2 N–H and O–H groups in total. The van der Waals surface area contributed by atoms with Crippen molar-refractivity contribution < 1.29 is 14.7 Å². The molecule has 1 aromatic rings. The number of aryl methyl sites for hydroxylation is 1. The molecule has 0 heterocycles. The van der Waals surface area contributed by atoms with Crippen LogP contribution in [0, 0.1) is 11.8 Å². The van der Waals surface area contributed by atoms with E-state index in [1.54, 1.807) is 0 Å². The van der Waals surface area contributed by atoms with E-state index in [2.05, 4.69) is 17.2 Å². The second-order valence-electron chi connectivity index (χ2n) is 4.48. The number of hydrogen-bond acceptors (Lipinski definition) is 2. The van der Waals surface area contributed by atoms with Crippen LogP contribution in [0.1, 0.15) is 37.3 Å². The quantitative estimate of drug-likeness (QED) is 0.615. The predicted octanol–water partition coefficient (Wildman–Crippen LogP) is 1.97. The molecule has 0 atom stereocenters.